The summed E-state index contributed by atoms with van der Waals surface area (Å²) in [6, 6.07) is 3.82. The first kappa shape index (κ1) is 19.2. The Labute approximate surface area is 149 Å². The van der Waals surface area contributed by atoms with Crippen molar-refractivity contribution in [1.29, 1.82) is 0 Å². The number of halogens is 1. The van der Waals surface area contributed by atoms with Gasteiger partial charge in [-0.15, -0.1) is 0 Å². The first-order chi connectivity index (χ1) is 11.2. The van der Waals surface area contributed by atoms with Gasteiger partial charge in [0.05, 0.1) is 6.42 Å². The number of hydrogen-bond acceptors (Lipinski definition) is 3. The Morgan fingerprint density at radius 3 is 2.08 bits per heavy atom. The lowest BCUT2D eigenvalue weighted by atomic mass is 9.79. The maximum absolute atomic E-state index is 12.6. The quantitative estimate of drug-likeness (QED) is 0.816. The van der Waals surface area contributed by atoms with Crippen LogP contribution in [0.3, 0.4) is 0 Å². The number of amides is 1. The summed E-state index contributed by atoms with van der Waals surface area (Å²) in [5.41, 5.74) is 2.95. The van der Waals surface area contributed by atoms with E-state index in [-0.39, 0.29) is 11.4 Å². The highest BCUT2D eigenvalue weighted by Crippen LogP contribution is 2.37. The van der Waals surface area contributed by atoms with Gasteiger partial charge in [-0.3, -0.25) is 4.79 Å². The Kier molecular flexibility index (Phi) is 5.95. The molecule has 4 nitrogen and oxygen atoms in total. The van der Waals surface area contributed by atoms with Crippen molar-refractivity contribution in [3.8, 4) is 0 Å². The van der Waals surface area contributed by atoms with Crippen LogP contribution in [-0.2, 0) is 20.7 Å². The molecule has 1 aliphatic rings. The maximum atomic E-state index is 12.6. The van der Waals surface area contributed by atoms with E-state index in [1.165, 1.54) is 0 Å². The summed E-state index contributed by atoms with van der Waals surface area (Å²) in [6.07, 6.45) is 3.59. The smallest absolute Gasteiger partial charge is 0.224 e. The lowest BCUT2D eigenvalue weighted by molar-refractivity contribution is -0.229. The van der Waals surface area contributed by atoms with Crippen LogP contribution >= 0.6 is 11.6 Å². The van der Waals surface area contributed by atoms with Crippen LogP contribution in [-0.4, -0.2) is 31.5 Å². The van der Waals surface area contributed by atoms with E-state index >= 15 is 0 Å². The van der Waals surface area contributed by atoms with Gasteiger partial charge in [-0.1, -0.05) is 11.6 Å². The van der Waals surface area contributed by atoms with Crippen molar-refractivity contribution in [3.63, 3.8) is 0 Å². The average molecular weight is 354 g/mol. The molecule has 1 aliphatic carbocycles. The van der Waals surface area contributed by atoms with E-state index in [1.807, 2.05) is 26.0 Å². The third kappa shape index (κ3) is 4.29. The number of carbonyl (C=O) groups excluding carboxylic acids is 1. The number of rotatable bonds is 5. The average Bonchev–Trinajstić information content (AvgIpc) is 2.52. The van der Waals surface area contributed by atoms with Crippen LogP contribution in [0.1, 0.15) is 49.3 Å². The van der Waals surface area contributed by atoms with Crippen LogP contribution in [0.4, 0.5) is 0 Å². The number of ether oxygens (including phenoxy) is 2. The van der Waals surface area contributed by atoms with Gasteiger partial charge in [0.15, 0.2) is 5.79 Å². The minimum atomic E-state index is -0.506. The van der Waals surface area contributed by atoms with E-state index in [2.05, 4.69) is 12.2 Å². The normalized spacial score (nSPS) is 19.1. The monoisotopic (exact) mass is 353 g/mol. The molecular weight excluding hydrogens is 326 g/mol. The molecule has 5 heteroatoms. The van der Waals surface area contributed by atoms with Crippen molar-refractivity contribution in [1.82, 2.24) is 5.32 Å². The van der Waals surface area contributed by atoms with E-state index in [0.29, 0.717) is 11.4 Å². The topological polar surface area (TPSA) is 47.6 Å². The molecule has 0 bridgehead atoms. The lowest BCUT2D eigenvalue weighted by Gasteiger charge is -2.43. The van der Waals surface area contributed by atoms with Gasteiger partial charge in [0.2, 0.25) is 5.91 Å². The van der Waals surface area contributed by atoms with Crippen LogP contribution < -0.4 is 5.32 Å². The predicted molar refractivity (Wildman–Crippen MR) is 96.4 cm³/mol. The van der Waals surface area contributed by atoms with Gasteiger partial charge in [-0.25, -0.2) is 0 Å². The molecule has 0 unspecified atom stereocenters. The van der Waals surface area contributed by atoms with Gasteiger partial charge >= 0.3 is 0 Å². The van der Waals surface area contributed by atoms with E-state index in [4.69, 9.17) is 21.1 Å². The summed E-state index contributed by atoms with van der Waals surface area (Å²) < 4.78 is 11.0. The fourth-order valence-corrected chi connectivity index (χ4v) is 3.89. The van der Waals surface area contributed by atoms with Crippen LogP contribution in [0.5, 0.6) is 0 Å². The highest BCUT2D eigenvalue weighted by Gasteiger charge is 2.41. The Hall–Kier alpha value is -1.10. The second-order valence-corrected chi connectivity index (χ2v) is 7.56. The third-order valence-corrected chi connectivity index (χ3v) is 5.52. The molecule has 134 valence electrons. The molecule has 1 fully saturated rings. The zero-order valence-corrected chi connectivity index (χ0v) is 16.0. The summed E-state index contributed by atoms with van der Waals surface area (Å²) in [7, 11) is 3.35. The van der Waals surface area contributed by atoms with Crippen molar-refractivity contribution >= 4 is 17.5 Å². The van der Waals surface area contributed by atoms with Gasteiger partial charge in [-0.2, -0.15) is 0 Å². The van der Waals surface area contributed by atoms with Crippen molar-refractivity contribution < 1.29 is 14.3 Å². The van der Waals surface area contributed by atoms with Gasteiger partial charge in [0, 0.05) is 37.6 Å². The summed E-state index contributed by atoms with van der Waals surface area (Å²) in [5.74, 6) is -0.457. The first-order valence-corrected chi connectivity index (χ1v) is 8.77. The minimum Gasteiger partial charge on any atom is -0.353 e. The molecular formula is C19H28ClNO3. The summed E-state index contributed by atoms with van der Waals surface area (Å²) in [4.78, 5) is 12.6. The Bertz CT molecular complexity index is 578. The van der Waals surface area contributed by atoms with Crippen molar-refractivity contribution in [2.45, 2.75) is 64.2 Å². The summed E-state index contributed by atoms with van der Waals surface area (Å²) in [5, 5.41) is 3.93. The second kappa shape index (κ2) is 7.42. The van der Waals surface area contributed by atoms with Gasteiger partial charge in [0.1, 0.15) is 0 Å². The van der Waals surface area contributed by atoms with Crippen LogP contribution in [0.2, 0.25) is 5.02 Å². The van der Waals surface area contributed by atoms with Crippen molar-refractivity contribution in [3.05, 3.63) is 33.8 Å². The zero-order valence-electron chi connectivity index (χ0n) is 15.3. The lowest BCUT2D eigenvalue weighted by Crippen LogP contribution is -2.53. The second-order valence-electron chi connectivity index (χ2n) is 7.12. The van der Waals surface area contributed by atoms with Crippen LogP contribution in [0.15, 0.2) is 12.1 Å². The van der Waals surface area contributed by atoms with E-state index in [9.17, 15) is 4.79 Å². The highest BCUT2D eigenvalue weighted by molar-refractivity contribution is 6.30. The van der Waals surface area contributed by atoms with E-state index < -0.39 is 5.79 Å². The maximum Gasteiger partial charge on any atom is 0.224 e. The molecule has 0 aliphatic heterocycles. The Morgan fingerprint density at radius 2 is 1.62 bits per heavy atom. The number of aryl methyl sites for hydroxylation is 2. The van der Waals surface area contributed by atoms with Gasteiger partial charge in [0.25, 0.3) is 0 Å². The molecule has 1 amide bonds. The van der Waals surface area contributed by atoms with Gasteiger partial charge in [-0.05, 0) is 62.4 Å². The molecule has 0 atom stereocenters. The van der Waals surface area contributed by atoms with E-state index in [0.717, 1.165) is 42.4 Å². The molecule has 1 aromatic carbocycles. The van der Waals surface area contributed by atoms with Crippen LogP contribution in [0.25, 0.3) is 0 Å². The fourth-order valence-electron chi connectivity index (χ4n) is 3.56. The molecule has 1 saturated carbocycles. The minimum absolute atomic E-state index is 0.0494. The standard InChI is InChI=1S/C19H28ClNO3/c1-13-10-15(20)11-14(2)16(13)12-17(22)21-18(3)6-8-19(23-4,24-5)9-7-18/h10-11H,6-9,12H2,1-5H3,(H,21,22). The molecule has 0 saturated heterocycles. The van der Waals surface area contributed by atoms with E-state index in [1.54, 1.807) is 14.2 Å². The molecule has 0 aromatic heterocycles. The molecule has 2 rings (SSSR count). The molecule has 1 aromatic rings. The highest BCUT2D eigenvalue weighted by atomic mass is 35.5. The Balaban J connectivity index is 2.01. The predicted octanol–water partition coefficient (Wildman–Crippen LogP) is 3.94. The van der Waals surface area contributed by atoms with Crippen molar-refractivity contribution in [2.75, 3.05) is 14.2 Å². The zero-order chi connectivity index (χ0) is 18.0. The van der Waals surface area contributed by atoms with Crippen molar-refractivity contribution in [2.24, 2.45) is 0 Å². The summed E-state index contributed by atoms with van der Waals surface area (Å²) >= 11 is 6.07. The molecule has 1 N–H and O–H groups in total. The Morgan fingerprint density at radius 1 is 1.12 bits per heavy atom. The molecule has 24 heavy (non-hydrogen) atoms. The number of nitrogens with one attached hydrogen (secondary N) is 1. The number of methoxy groups -OCH3 is 2. The number of carbonyl (C=O) groups is 1. The van der Waals surface area contributed by atoms with Gasteiger partial charge < -0.3 is 14.8 Å². The fraction of sp³-hybridized carbons (Fsp3) is 0.632. The molecule has 0 spiro atoms. The molecule has 0 radical (unpaired) electrons. The number of benzene rings is 1. The largest absolute Gasteiger partial charge is 0.353 e. The van der Waals surface area contributed by atoms with Crippen LogP contribution in [0, 0.1) is 13.8 Å². The molecule has 0 heterocycles. The summed E-state index contributed by atoms with van der Waals surface area (Å²) in [6.45, 7) is 6.09. The third-order valence-electron chi connectivity index (χ3n) is 5.30. The SMILES string of the molecule is COC1(OC)CCC(C)(NC(=O)Cc2c(C)cc(Cl)cc2C)CC1. The first-order valence-electron chi connectivity index (χ1n) is 8.39. The number of hydrogen-bond donors (Lipinski definition) is 1.